The van der Waals surface area contributed by atoms with Crippen LogP contribution in [-0.2, 0) is 6.42 Å². The van der Waals surface area contributed by atoms with E-state index in [1.54, 1.807) is 0 Å². The van der Waals surface area contributed by atoms with Gasteiger partial charge in [-0.05, 0) is 35.9 Å². The zero-order valence-corrected chi connectivity index (χ0v) is 15.5. The first-order valence-corrected chi connectivity index (χ1v) is 10.4. The average Bonchev–Trinajstić information content (AvgIpc) is 3.19. The van der Waals surface area contributed by atoms with Crippen LogP contribution in [0, 0.1) is 0 Å². The summed E-state index contributed by atoms with van der Waals surface area (Å²) in [7, 11) is 0. The summed E-state index contributed by atoms with van der Waals surface area (Å²) in [4.78, 5) is 16.8. The molecule has 0 fully saturated rings. The number of carbonyl (C=O) groups is 1. The second-order valence-electron chi connectivity index (χ2n) is 6.06. The van der Waals surface area contributed by atoms with E-state index in [1.807, 2.05) is 23.9 Å². The zero-order chi connectivity index (χ0) is 16.7. The molecule has 0 saturated heterocycles. The third-order valence-electron chi connectivity index (χ3n) is 4.57. The Morgan fingerprint density at radius 1 is 1.42 bits per heavy atom. The van der Waals surface area contributed by atoms with Crippen molar-refractivity contribution in [3.63, 3.8) is 0 Å². The molecule has 3 nitrogen and oxygen atoms in total. The Morgan fingerprint density at radius 3 is 3.04 bits per heavy atom. The molecule has 1 amide bonds. The number of nitrogens with one attached hydrogen (secondary N) is 2. The molecule has 1 aliphatic rings. The fourth-order valence-electron chi connectivity index (χ4n) is 3.48. The van der Waals surface area contributed by atoms with Gasteiger partial charge in [0.25, 0.3) is 5.91 Å². The van der Waals surface area contributed by atoms with Crippen LogP contribution in [0.15, 0.2) is 36.4 Å². The normalized spacial score (nSPS) is 19.6. The van der Waals surface area contributed by atoms with Crippen molar-refractivity contribution >= 4 is 50.8 Å². The van der Waals surface area contributed by atoms with Gasteiger partial charge in [0.05, 0.1) is 4.34 Å². The van der Waals surface area contributed by atoms with Gasteiger partial charge in [-0.15, -0.1) is 11.3 Å². The van der Waals surface area contributed by atoms with Gasteiger partial charge in [-0.3, -0.25) is 4.79 Å². The summed E-state index contributed by atoms with van der Waals surface area (Å²) in [6, 6.07) is 12.4. The van der Waals surface area contributed by atoms with Crippen LogP contribution in [0.3, 0.4) is 0 Å². The molecule has 2 heterocycles. The van der Waals surface area contributed by atoms with E-state index >= 15 is 0 Å². The first-order valence-electron chi connectivity index (χ1n) is 7.81. The van der Waals surface area contributed by atoms with Crippen molar-refractivity contribution in [1.82, 2.24) is 10.3 Å². The summed E-state index contributed by atoms with van der Waals surface area (Å²) in [5.74, 6) is 1.33. The Bertz CT molecular complexity index is 870. The van der Waals surface area contributed by atoms with Gasteiger partial charge >= 0.3 is 0 Å². The van der Waals surface area contributed by atoms with Gasteiger partial charge < -0.3 is 10.3 Å². The molecular formula is C18H17ClN2OS2. The number of rotatable bonds is 4. The maximum Gasteiger partial charge on any atom is 0.268 e. The number of amides is 1. The third kappa shape index (κ3) is 2.85. The minimum absolute atomic E-state index is 0.0431. The van der Waals surface area contributed by atoms with Gasteiger partial charge in [-0.25, -0.2) is 0 Å². The lowest BCUT2D eigenvalue weighted by Gasteiger charge is -2.20. The highest BCUT2D eigenvalue weighted by Gasteiger charge is 2.33. The van der Waals surface area contributed by atoms with E-state index in [0.717, 1.165) is 26.7 Å². The van der Waals surface area contributed by atoms with Crippen LogP contribution in [0.25, 0.3) is 10.2 Å². The van der Waals surface area contributed by atoms with Crippen LogP contribution in [0.5, 0.6) is 0 Å². The number of aromatic amines is 1. The minimum Gasteiger partial charge on any atom is -0.347 e. The van der Waals surface area contributed by atoms with E-state index in [4.69, 9.17) is 11.6 Å². The lowest BCUT2D eigenvalue weighted by molar-refractivity contribution is 0.0930. The average molecular weight is 377 g/mol. The van der Waals surface area contributed by atoms with Gasteiger partial charge in [0.15, 0.2) is 0 Å². The maximum absolute atomic E-state index is 12.7. The lowest BCUT2D eigenvalue weighted by Crippen LogP contribution is -2.38. The molecule has 1 aromatic carbocycles. The van der Waals surface area contributed by atoms with Gasteiger partial charge in [0.2, 0.25) is 0 Å². The van der Waals surface area contributed by atoms with E-state index in [2.05, 4.69) is 40.8 Å². The molecule has 1 aliphatic carbocycles. The first kappa shape index (κ1) is 16.1. The number of thiophene rings is 1. The number of carbonyl (C=O) groups excluding carboxylic acids is 1. The smallest absolute Gasteiger partial charge is 0.268 e. The Hall–Kier alpha value is -1.43. The molecule has 3 aromatic rings. The summed E-state index contributed by atoms with van der Waals surface area (Å²) < 4.78 is 0.731. The Morgan fingerprint density at radius 2 is 2.25 bits per heavy atom. The molecule has 2 N–H and O–H groups in total. The van der Waals surface area contributed by atoms with E-state index in [1.165, 1.54) is 22.5 Å². The van der Waals surface area contributed by atoms with Crippen molar-refractivity contribution in [2.45, 2.75) is 18.4 Å². The Balaban J connectivity index is 1.55. The molecular weight excluding hydrogens is 360 g/mol. The van der Waals surface area contributed by atoms with Crippen LogP contribution in [0.2, 0.25) is 4.34 Å². The molecule has 0 spiro atoms. The number of aromatic nitrogens is 1. The fraction of sp³-hybridized carbons (Fsp3) is 0.278. The van der Waals surface area contributed by atoms with E-state index < -0.39 is 0 Å². The van der Waals surface area contributed by atoms with Crippen LogP contribution < -0.4 is 5.32 Å². The first-order chi connectivity index (χ1) is 11.7. The molecule has 0 aliphatic heterocycles. The van der Waals surface area contributed by atoms with Gasteiger partial charge in [-0.2, -0.15) is 11.8 Å². The molecule has 0 radical (unpaired) electrons. The number of thioether (sulfide) groups is 1. The second-order valence-corrected chi connectivity index (χ2v) is 8.66. The van der Waals surface area contributed by atoms with Crippen LogP contribution >= 0.6 is 34.7 Å². The molecule has 6 heteroatoms. The van der Waals surface area contributed by atoms with Crippen molar-refractivity contribution in [2.75, 3.05) is 12.0 Å². The van der Waals surface area contributed by atoms with Gasteiger partial charge in [-0.1, -0.05) is 35.9 Å². The molecule has 2 atom stereocenters. The minimum atomic E-state index is -0.0431. The Labute approximate surface area is 153 Å². The van der Waals surface area contributed by atoms with Crippen molar-refractivity contribution in [1.29, 1.82) is 0 Å². The SMILES string of the molecule is CSC[C@@H]1c2ccccc2C[C@H]1NC(=O)c1cc2cc(Cl)sc2[nH]1. The summed E-state index contributed by atoms with van der Waals surface area (Å²) in [6.45, 7) is 0. The number of hydrogen-bond acceptors (Lipinski definition) is 3. The largest absolute Gasteiger partial charge is 0.347 e. The lowest BCUT2D eigenvalue weighted by atomic mass is 10.0. The highest BCUT2D eigenvalue weighted by atomic mass is 35.5. The highest BCUT2D eigenvalue weighted by molar-refractivity contribution is 7.98. The van der Waals surface area contributed by atoms with Crippen molar-refractivity contribution in [3.05, 3.63) is 57.6 Å². The predicted octanol–water partition coefficient (Wildman–Crippen LogP) is 4.68. The zero-order valence-electron chi connectivity index (χ0n) is 13.1. The third-order valence-corrected chi connectivity index (χ3v) is 6.45. The van der Waals surface area contributed by atoms with E-state index in [9.17, 15) is 4.79 Å². The number of H-pyrrole nitrogens is 1. The monoisotopic (exact) mass is 376 g/mol. The molecule has 0 bridgehead atoms. The van der Waals surface area contributed by atoms with Crippen molar-refractivity contribution in [3.8, 4) is 0 Å². The molecule has 0 unspecified atom stereocenters. The number of benzene rings is 1. The predicted molar refractivity (Wildman–Crippen MR) is 104 cm³/mol. The summed E-state index contributed by atoms with van der Waals surface area (Å²) in [5.41, 5.74) is 3.32. The highest BCUT2D eigenvalue weighted by Crippen LogP contribution is 2.35. The maximum atomic E-state index is 12.7. The van der Waals surface area contributed by atoms with Gasteiger partial charge in [0.1, 0.15) is 10.5 Å². The van der Waals surface area contributed by atoms with Gasteiger partial charge in [0, 0.05) is 23.1 Å². The topological polar surface area (TPSA) is 44.9 Å². The molecule has 24 heavy (non-hydrogen) atoms. The van der Waals surface area contributed by atoms with Crippen molar-refractivity contribution in [2.24, 2.45) is 0 Å². The fourth-order valence-corrected chi connectivity index (χ4v) is 5.37. The number of halogens is 1. The summed E-state index contributed by atoms with van der Waals surface area (Å²) >= 11 is 9.28. The van der Waals surface area contributed by atoms with E-state index in [-0.39, 0.29) is 11.9 Å². The van der Waals surface area contributed by atoms with E-state index in [0.29, 0.717) is 11.6 Å². The number of hydrogen-bond donors (Lipinski definition) is 2. The molecule has 4 rings (SSSR count). The quantitative estimate of drug-likeness (QED) is 0.694. The number of fused-ring (bicyclic) bond motifs is 2. The summed E-state index contributed by atoms with van der Waals surface area (Å²) in [6.07, 6.45) is 3.01. The van der Waals surface area contributed by atoms with Crippen molar-refractivity contribution < 1.29 is 4.79 Å². The Kier molecular flexibility index (Phi) is 4.33. The van der Waals surface area contributed by atoms with Crippen LogP contribution in [-0.4, -0.2) is 28.9 Å². The molecule has 2 aromatic heterocycles. The molecule has 0 saturated carbocycles. The molecule has 124 valence electrons. The summed E-state index contributed by atoms with van der Waals surface area (Å²) in [5, 5.41) is 4.22. The second kappa shape index (κ2) is 6.47. The van der Waals surface area contributed by atoms with Crippen LogP contribution in [0.1, 0.15) is 27.5 Å². The standard InChI is InChI=1S/C18H17ClN2OS2/c1-23-9-13-12-5-3-2-4-10(12)6-14(13)20-17(22)15-7-11-8-16(19)24-18(11)21-15/h2-5,7-8,13-14,21H,6,9H2,1H3,(H,20,22)/t13-,14-/m1/s1. The van der Waals surface area contributed by atoms with Crippen LogP contribution in [0.4, 0.5) is 0 Å².